The second-order valence-corrected chi connectivity index (χ2v) is 8.98. The van der Waals surface area contributed by atoms with Gasteiger partial charge in [-0.1, -0.05) is 60.3 Å². The Bertz CT molecular complexity index is 863. The molecule has 1 amide bonds. The van der Waals surface area contributed by atoms with Gasteiger partial charge in [0.1, 0.15) is 0 Å². The third-order valence-electron chi connectivity index (χ3n) is 6.54. The van der Waals surface area contributed by atoms with E-state index in [1.54, 1.807) is 0 Å². The van der Waals surface area contributed by atoms with Crippen molar-refractivity contribution in [3.8, 4) is 0 Å². The van der Waals surface area contributed by atoms with Gasteiger partial charge in [-0.15, -0.1) is 0 Å². The van der Waals surface area contributed by atoms with Crippen molar-refractivity contribution in [1.29, 1.82) is 0 Å². The summed E-state index contributed by atoms with van der Waals surface area (Å²) in [5.41, 5.74) is 0.816. The molecule has 0 bridgehead atoms. The summed E-state index contributed by atoms with van der Waals surface area (Å²) >= 11 is 13.0. The molecular weight excluding hydrogens is 391 g/mol. The average molecular weight is 419 g/mol. The molecule has 0 aromatic heterocycles. The number of hydrogen-bond acceptors (Lipinski definition) is 2. The molecule has 1 saturated carbocycles. The van der Waals surface area contributed by atoms with Crippen molar-refractivity contribution < 1.29 is 4.79 Å². The van der Waals surface area contributed by atoms with E-state index in [-0.39, 0.29) is 5.91 Å². The molecule has 2 aliphatic rings. The Hall–Kier alpha value is -1.29. The molecule has 3 nitrogen and oxygen atoms in total. The van der Waals surface area contributed by atoms with E-state index < -0.39 is 0 Å². The number of amides is 1. The minimum atomic E-state index is 0.129. The second-order valence-electron chi connectivity index (χ2n) is 8.23. The molecule has 1 heterocycles. The summed E-state index contributed by atoms with van der Waals surface area (Å²) < 4.78 is 0. The topological polar surface area (TPSA) is 23.6 Å². The molecule has 2 aromatic rings. The van der Waals surface area contributed by atoms with E-state index in [2.05, 4.69) is 4.90 Å². The van der Waals surface area contributed by atoms with Crippen LogP contribution in [-0.4, -0.2) is 47.9 Å². The Morgan fingerprint density at radius 1 is 1.07 bits per heavy atom. The van der Waals surface area contributed by atoms with E-state index >= 15 is 0 Å². The van der Waals surface area contributed by atoms with E-state index in [0.717, 1.165) is 22.8 Å². The summed E-state index contributed by atoms with van der Waals surface area (Å²) in [7, 11) is 1.97. The Morgan fingerprint density at radius 3 is 2.57 bits per heavy atom. The third-order valence-corrected chi connectivity index (χ3v) is 7.46. The van der Waals surface area contributed by atoms with Gasteiger partial charge in [0, 0.05) is 24.5 Å². The maximum atomic E-state index is 13.2. The zero-order chi connectivity index (χ0) is 19.7. The first-order valence-corrected chi connectivity index (χ1v) is 11.2. The largest absolute Gasteiger partial charge is 0.341 e. The highest BCUT2D eigenvalue weighted by molar-refractivity contribution is 6.45. The van der Waals surface area contributed by atoms with Crippen molar-refractivity contribution in [3.63, 3.8) is 0 Å². The van der Waals surface area contributed by atoms with Crippen LogP contribution in [0.4, 0.5) is 0 Å². The summed E-state index contributed by atoms with van der Waals surface area (Å²) in [5, 5.41) is 3.00. The number of fused-ring (bicyclic) bond motifs is 1. The number of hydrogen-bond donors (Lipinski definition) is 0. The molecule has 2 fully saturated rings. The van der Waals surface area contributed by atoms with Crippen LogP contribution < -0.4 is 0 Å². The van der Waals surface area contributed by atoms with E-state index in [9.17, 15) is 4.79 Å². The quantitative estimate of drug-likeness (QED) is 0.648. The molecule has 28 heavy (non-hydrogen) atoms. The standard InChI is InChI=1S/C23H28Cl2N2O/c1-26(19-10-4-5-11-20(19)27-12-6-7-13-27)21(28)15-17-14-16-8-2-3-9-18(16)23(25)22(17)24/h2-3,8-9,14,19-20H,4-7,10-13,15H2,1H3/t19-,20+/m1/s1. The summed E-state index contributed by atoms with van der Waals surface area (Å²) in [6.45, 7) is 2.35. The first-order chi connectivity index (χ1) is 13.6. The number of likely N-dealkylation sites (N-methyl/N-ethyl adjacent to an activating group) is 1. The van der Waals surface area contributed by atoms with Gasteiger partial charge in [-0.3, -0.25) is 9.69 Å². The predicted molar refractivity (Wildman–Crippen MR) is 117 cm³/mol. The first-order valence-electron chi connectivity index (χ1n) is 10.4. The van der Waals surface area contributed by atoms with Crippen molar-refractivity contribution in [2.45, 2.75) is 57.0 Å². The molecule has 1 saturated heterocycles. The zero-order valence-electron chi connectivity index (χ0n) is 16.5. The van der Waals surface area contributed by atoms with Gasteiger partial charge in [0.15, 0.2) is 0 Å². The van der Waals surface area contributed by atoms with E-state index in [0.29, 0.717) is 28.5 Å². The molecule has 0 unspecified atom stereocenters. The van der Waals surface area contributed by atoms with Crippen molar-refractivity contribution in [2.75, 3.05) is 20.1 Å². The molecule has 1 aliphatic heterocycles. The molecule has 2 atom stereocenters. The highest BCUT2D eigenvalue weighted by atomic mass is 35.5. The number of likely N-dealkylation sites (tertiary alicyclic amines) is 1. The van der Waals surface area contributed by atoms with Crippen LogP contribution >= 0.6 is 23.2 Å². The molecule has 150 valence electrons. The highest BCUT2D eigenvalue weighted by Crippen LogP contribution is 2.35. The van der Waals surface area contributed by atoms with Crippen molar-refractivity contribution in [3.05, 3.63) is 45.9 Å². The van der Waals surface area contributed by atoms with Crippen LogP contribution in [0.2, 0.25) is 10.0 Å². The Labute approximate surface area is 177 Å². The summed E-state index contributed by atoms with van der Waals surface area (Å²) in [6, 6.07) is 10.7. The molecule has 4 rings (SSSR count). The predicted octanol–water partition coefficient (Wildman–Crippen LogP) is 5.55. The number of halogens is 2. The lowest BCUT2D eigenvalue weighted by atomic mass is 9.88. The Morgan fingerprint density at radius 2 is 1.79 bits per heavy atom. The lowest BCUT2D eigenvalue weighted by Crippen LogP contribution is -2.53. The molecule has 0 radical (unpaired) electrons. The van der Waals surface area contributed by atoms with Gasteiger partial charge < -0.3 is 4.90 Å². The SMILES string of the molecule is CN(C(=O)Cc1cc2ccccc2c(Cl)c1Cl)[C@@H]1CCCC[C@@H]1N1CCCC1. The minimum Gasteiger partial charge on any atom is -0.341 e. The fraction of sp³-hybridized carbons (Fsp3) is 0.522. The normalized spacial score (nSPS) is 23.2. The fourth-order valence-electron chi connectivity index (χ4n) is 4.98. The molecular formula is C23H28Cl2N2O. The van der Waals surface area contributed by atoms with Crippen LogP contribution in [0.5, 0.6) is 0 Å². The lowest BCUT2D eigenvalue weighted by Gasteiger charge is -2.42. The second kappa shape index (κ2) is 8.61. The fourth-order valence-corrected chi connectivity index (χ4v) is 5.49. The van der Waals surface area contributed by atoms with Gasteiger partial charge in [0.05, 0.1) is 16.5 Å². The number of nitrogens with zero attached hydrogens (tertiary/aromatic N) is 2. The lowest BCUT2D eigenvalue weighted by molar-refractivity contribution is -0.133. The Balaban J connectivity index is 1.54. The molecule has 1 aliphatic carbocycles. The summed E-state index contributed by atoms with van der Waals surface area (Å²) in [4.78, 5) is 17.8. The van der Waals surface area contributed by atoms with Crippen molar-refractivity contribution >= 4 is 39.9 Å². The first kappa shape index (κ1) is 20.0. The minimum absolute atomic E-state index is 0.129. The molecule has 2 aromatic carbocycles. The van der Waals surface area contributed by atoms with Crippen LogP contribution in [-0.2, 0) is 11.2 Å². The van der Waals surface area contributed by atoms with Gasteiger partial charge in [-0.2, -0.15) is 0 Å². The zero-order valence-corrected chi connectivity index (χ0v) is 18.0. The van der Waals surface area contributed by atoms with Gasteiger partial charge in [-0.25, -0.2) is 0 Å². The molecule has 5 heteroatoms. The summed E-state index contributed by atoms with van der Waals surface area (Å²) in [6.07, 6.45) is 7.63. The van der Waals surface area contributed by atoms with Gasteiger partial charge >= 0.3 is 0 Å². The van der Waals surface area contributed by atoms with Gasteiger partial charge in [0.2, 0.25) is 5.91 Å². The average Bonchev–Trinajstić information content (AvgIpc) is 3.26. The molecule has 0 N–H and O–H groups in total. The molecule has 0 spiro atoms. The van der Waals surface area contributed by atoms with E-state index in [1.807, 2.05) is 42.3 Å². The number of carbonyl (C=O) groups excluding carboxylic acids is 1. The van der Waals surface area contributed by atoms with Crippen molar-refractivity contribution in [1.82, 2.24) is 9.80 Å². The van der Waals surface area contributed by atoms with Gasteiger partial charge in [0.25, 0.3) is 0 Å². The maximum Gasteiger partial charge on any atom is 0.227 e. The highest BCUT2D eigenvalue weighted by Gasteiger charge is 2.35. The van der Waals surface area contributed by atoms with Crippen molar-refractivity contribution in [2.24, 2.45) is 0 Å². The monoisotopic (exact) mass is 418 g/mol. The smallest absolute Gasteiger partial charge is 0.227 e. The maximum absolute atomic E-state index is 13.2. The van der Waals surface area contributed by atoms with Gasteiger partial charge in [-0.05, 0) is 55.8 Å². The van der Waals surface area contributed by atoms with Crippen LogP contribution in [0.3, 0.4) is 0 Å². The number of carbonyl (C=O) groups is 1. The number of benzene rings is 2. The number of rotatable bonds is 4. The Kier molecular flexibility index (Phi) is 6.15. The van der Waals surface area contributed by atoms with E-state index in [4.69, 9.17) is 23.2 Å². The van der Waals surface area contributed by atoms with Crippen LogP contribution in [0.1, 0.15) is 44.1 Å². The van der Waals surface area contributed by atoms with Crippen LogP contribution in [0.15, 0.2) is 30.3 Å². The van der Waals surface area contributed by atoms with Crippen LogP contribution in [0.25, 0.3) is 10.8 Å². The third kappa shape index (κ3) is 3.90. The van der Waals surface area contributed by atoms with Crippen LogP contribution in [0, 0.1) is 0 Å². The summed E-state index contributed by atoms with van der Waals surface area (Å²) in [5.74, 6) is 0.129. The van der Waals surface area contributed by atoms with E-state index in [1.165, 1.54) is 45.2 Å².